The number of aromatic hydroxyl groups is 1. The van der Waals surface area contributed by atoms with E-state index in [9.17, 15) is 14.7 Å². The van der Waals surface area contributed by atoms with Crippen LogP contribution < -0.4 is 17.0 Å². The number of nitrogens with zero attached hydrogens (tertiary/aromatic N) is 1. The SMILES string of the molecule is Cc1ccc(O)c(C)c1-c1c(N)c(C(N)=O)cn(-c2ccco2)c1=O. The lowest BCUT2D eigenvalue weighted by molar-refractivity contribution is 0.100. The van der Waals surface area contributed by atoms with Gasteiger partial charge >= 0.3 is 0 Å². The van der Waals surface area contributed by atoms with Crippen LogP contribution in [-0.4, -0.2) is 15.6 Å². The van der Waals surface area contributed by atoms with E-state index in [1.54, 1.807) is 32.0 Å². The third kappa shape index (κ3) is 2.55. The molecule has 2 aromatic heterocycles. The number of rotatable bonds is 3. The maximum atomic E-state index is 13.1. The van der Waals surface area contributed by atoms with Gasteiger partial charge in [0.15, 0.2) is 0 Å². The van der Waals surface area contributed by atoms with Crippen molar-refractivity contribution in [3.8, 4) is 22.8 Å². The minimum Gasteiger partial charge on any atom is -0.508 e. The zero-order chi connectivity index (χ0) is 18.3. The number of hydrogen-bond donors (Lipinski definition) is 3. The van der Waals surface area contributed by atoms with E-state index in [-0.39, 0.29) is 28.4 Å². The van der Waals surface area contributed by atoms with Crippen LogP contribution in [0, 0.1) is 13.8 Å². The summed E-state index contributed by atoms with van der Waals surface area (Å²) in [5, 5.41) is 10.0. The number of amides is 1. The average Bonchev–Trinajstić information content (AvgIpc) is 3.08. The summed E-state index contributed by atoms with van der Waals surface area (Å²) in [4.78, 5) is 24.9. The number of aromatic nitrogens is 1. The minimum atomic E-state index is -0.769. The van der Waals surface area contributed by atoms with Crippen molar-refractivity contribution in [2.75, 3.05) is 5.73 Å². The monoisotopic (exact) mass is 339 g/mol. The van der Waals surface area contributed by atoms with Gasteiger partial charge in [0.05, 0.1) is 23.1 Å². The first kappa shape index (κ1) is 16.4. The van der Waals surface area contributed by atoms with E-state index in [1.165, 1.54) is 23.1 Å². The molecule has 0 saturated carbocycles. The van der Waals surface area contributed by atoms with E-state index in [0.29, 0.717) is 11.1 Å². The fraction of sp³-hybridized carbons (Fsp3) is 0.111. The molecule has 0 spiro atoms. The number of anilines is 1. The Hall–Kier alpha value is -3.48. The van der Waals surface area contributed by atoms with Crippen LogP contribution in [0.1, 0.15) is 21.5 Å². The van der Waals surface area contributed by atoms with Gasteiger partial charge in [-0.05, 0) is 42.7 Å². The van der Waals surface area contributed by atoms with Crippen molar-refractivity contribution in [3.05, 3.63) is 63.8 Å². The first-order valence-electron chi connectivity index (χ1n) is 7.51. The number of furan rings is 1. The fourth-order valence-corrected chi connectivity index (χ4v) is 2.86. The number of aryl methyl sites for hydroxylation is 1. The van der Waals surface area contributed by atoms with Crippen molar-refractivity contribution >= 4 is 11.6 Å². The largest absolute Gasteiger partial charge is 0.508 e. The number of primary amides is 1. The number of hydrogen-bond acceptors (Lipinski definition) is 5. The summed E-state index contributed by atoms with van der Waals surface area (Å²) in [6, 6.07) is 6.40. The number of phenolic OH excluding ortho intramolecular Hbond substituents is 1. The van der Waals surface area contributed by atoms with Crippen molar-refractivity contribution < 1.29 is 14.3 Å². The van der Waals surface area contributed by atoms with Gasteiger partial charge in [0.1, 0.15) is 5.75 Å². The Morgan fingerprint density at radius 1 is 1.20 bits per heavy atom. The summed E-state index contributed by atoms with van der Waals surface area (Å²) in [7, 11) is 0. The van der Waals surface area contributed by atoms with Gasteiger partial charge in [0, 0.05) is 12.3 Å². The molecule has 0 unspecified atom stereocenters. The van der Waals surface area contributed by atoms with Crippen LogP contribution in [0.2, 0.25) is 0 Å². The number of carbonyl (C=O) groups excluding carboxylic acids is 1. The average molecular weight is 339 g/mol. The van der Waals surface area contributed by atoms with Crippen LogP contribution in [0.5, 0.6) is 5.75 Å². The smallest absolute Gasteiger partial charge is 0.267 e. The highest BCUT2D eigenvalue weighted by Crippen LogP contribution is 2.35. The molecule has 3 rings (SSSR count). The summed E-state index contributed by atoms with van der Waals surface area (Å²) in [5.74, 6) is -0.521. The van der Waals surface area contributed by atoms with Crippen molar-refractivity contribution in [1.29, 1.82) is 0 Å². The number of nitrogens with two attached hydrogens (primary N) is 2. The van der Waals surface area contributed by atoms with E-state index in [0.717, 1.165) is 5.56 Å². The van der Waals surface area contributed by atoms with Gasteiger partial charge in [-0.15, -0.1) is 0 Å². The summed E-state index contributed by atoms with van der Waals surface area (Å²) in [6.07, 6.45) is 2.67. The van der Waals surface area contributed by atoms with Gasteiger partial charge in [-0.25, -0.2) is 0 Å². The molecule has 3 aromatic rings. The molecule has 0 bridgehead atoms. The Labute approximate surface area is 143 Å². The molecule has 7 heteroatoms. The summed E-state index contributed by atoms with van der Waals surface area (Å²) in [6.45, 7) is 3.46. The van der Waals surface area contributed by atoms with Crippen molar-refractivity contribution in [2.24, 2.45) is 5.73 Å². The van der Waals surface area contributed by atoms with Gasteiger partial charge in [-0.2, -0.15) is 0 Å². The number of carbonyl (C=O) groups is 1. The number of nitrogen functional groups attached to an aromatic ring is 1. The molecule has 1 amide bonds. The second kappa shape index (κ2) is 5.86. The third-order valence-electron chi connectivity index (χ3n) is 4.15. The number of phenols is 1. The summed E-state index contributed by atoms with van der Waals surface area (Å²) >= 11 is 0. The fourth-order valence-electron chi connectivity index (χ4n) is 2.86. The maximum absolute atomic E-state index is 13.1. The van der Waals surface area contributed by atoms with Crippen molar-refractivity contribution in [3.63, 3.8) is 0 Å². The normalized spacial score (nSPS) is 10.8. The Morgan fingerprint density at radius 3 is 2.52 bits per heavy atom. The molecule has 0 radical (unpaired) electrons. The molecule has 7 nitrogen and oxygen atoms in total. The molecule has 0 aliphatic rings. The topological polar surface area (TPSA) is 124 Å². The molecule has 0 aliphatic heterocycles. The van der Waals surface area contributed by atoms with E-state index in [1.807, 2.05) is 0 Å². The van der Waals surface area contributed by atoms with Crippen LogP contribution >= 0.6 is 0 Å². The third-order valence-corrected chi connectivity index (χ3v) is 4.15. The Balaban J connectivity index is 2.48. The zero-order valence-corrected chi connectivity index (χ0v) is 13.7. The summed E-state index contributed by atoms with van der Waals surface area (Å²) in [5.41, 5.74) is 12.8. The molecule has 0 aliphatic carbocycles. The lowest BCUT2D eigenvalue weighted by atomic mass is 9.93. The maximum Gasteiger partial charge on any atom is 0.267 e. The Kier molecular flexibility index (Phi) is 3.84. The Bertz CT molecular complexity index is 1030. The van der Waals surface area contributed by atoms with Crippen LogP contribution in [-0.2, 0) is 0 Å². The first-order valence-corrected chi connectivity index (χ1v) is 7.51. The molecule has 25 heavy (non-hydrogen) atoms. The molecule has 0 atom stereocenters. The van der Waals surface area contributed by atoms with Crippen molar-refractivity contribution in [1.82, 2.24) is 4.57 Å². The van der Waals surface area contributed by atoms with Gasteiger partial charge in [0.2, 0.25) is 5.88 Å². The number of benzene rings is 1. The molecular weight excluding hydrogens is 322 g/mol. The van der Waals surface area contributed by atoms with Crippen molar-refractivity contribution in [2.45, 2.75) is 13.8 Å². The minimum absolute atomic E-state index is 0.00635. The van der Waals surface area contributed by atoms with Gasteiger partial charge in [0.25, 0.3) is 11.5 Å². The van der Waals surface area contributed by atoms with Crippen LogP contribution in [0.3, 0.4) is 0 Å². The van der Waals surface area contributed by atoms with E-state index >= 15 is 0 Å². The summed E-state index contributed by atoms with van der Waals surface area (Å²) < 4.78 is 6.45. The standard InChI is InChI=1S/C18H17N3O4/c1-9-5-6-12(22)10(2)14(9)15-16(19)11(17(20)23)8-21(18(15)24)13-4-3-7-25-13/h3-8,22H,19H2,1-2H3,(H2,20,23). The van der Waals surface area contributed by atoms with Crippen LogP contribution in [0.15, 0.2) is 45.9 Å². The lowest BCUT2D eigenvalue weighted by Gasteiger charge is -2.16. The quantitative estimate of drug-likeness (QED) is 0.674. The van der Waals surface area contributed by atoms with Crippen LogP contribution in [0.25, 0.3) is 17.0 Å². The highest BCUT2D eigenvalue weighted by atomic mass is 16.3. The van der Waals surface area contributed by atoms with E-state index in [4.69, 9.17) is 15.9 Å². The Morgan fingerprint density at radius 2 is 1.92 bits per heavy atom. The van der Waals surface area contributed by atoms with E-state index in [2.05, 4.69) is 0 Å². The molecule has 0 fully saturated rings. The predicted molar refractivity (Wildman–Crippen MR) is 93.8 cm³/mol. The van der Waals surface area contributed by atoms with E-state index < -0.39 is 11.5 Å². The molecule has 1 aromatic carbocycles. The molecule has 128 valence electrons. The molecule has 0 saturated heterocycles. The second-order valence-electron chi connectivity index (χ2n) is 5.72. The van der Waals surface area contributed by atoms with Crippen LogP contribution in [0.4, 0.5) is 5.69 Å². The first-order chi connectivity index (χ1) is 11.8. The predicted octanol–water partition coefficient (Wildman–Crippen LogP) is 2.10. The lowest BCUT2D eigenvalue weighted by Crippen LogP contribution is -2.26. The molecular formula is C18H17N3O4. The molecule has 5 N–H and O–H groups in total. The zero-order valence-electron chi connectivity index (χ0n) is 13.7. The molecule has 2 heterocycles. The second-order valence-corrected chi connectivity index (χ2v) is 5.72. The van der Waals surface area contributed by atoms with Gasteiger partial charge in [-0.1, -0.05) is 6.07 Å². The highest BCUT2D eigenvalue weighted by Gasteiger charge is 2.23. The highest BCUT2D eigenvalue weighted by molar-refractivity contribution is 6.01. The van der Waals surface area contributed by atoms with Gasteiger partial charge < -0.3 is 21.0 Å². The number of pyridine rings is 1. The van der Waals surface area contributed by atoms with Gasteiger partial charge in [-0.3, -0.25) is 14.2 Å².